The second-order valence-corrected chi connectivity index (χ2v) is 5.38. The molecule has 1 atom stereocenters. The smallest absolute Gasteiger partial charge is 0.137 e. The summed E-state index contributed by atoms with van der Waals surface area (Å²) in [6.07, 6.45) is 1.76. The van der Waals surface area contributed by atoms with Crippen LogP contribution in [0, 0.1) is 5.82 Å². The Morgan fingerprint density at radius 3 is 2.56 bits per heavy atom. The highest BCUT2D eigenvalue weighted by Crippen LogP contribution is 2.18. The Morgan fingerprint density at radius 1 is 1.33 bits per heavy atom. The highest BCUT2D eigenvalue weighted by atomic mass is 79.9. The zero-order valence-corrected chi connectivity index (χ0v) is 12.7. The highest BCUT2D eigenvalue weighted by Gasteiger charge is 2.08. The summed E-state index contributed by atoms with van der Waals surface area (Å²) < 4.78 is 13.6. The van der Waals surface area contributed by atoms with Crippen LogP contribution in [0.15, 0.2) is 22.7 Å². The van der Waals surface area contributed by atoms with Crippen LogP contribution in [0.1, 0.15) is 25.8 Å². The molecule has 0 fully saturated rings. The summed E-state index contributed by atoms with van der Waals surface area (Å²) in [5, 5.41) is 0. The minimum Gasteiger partial charge on any atom is -0.327 e. The molecule has 0 heterocycles. The molecule has 0 aliphatic rings. The Kier molecular flexibility index (Phi) is 6.82. The van der Waals surface area contributed by atoms with Crippen molar-refractivity contribution in [3.63, 3.8) is 0 Å². The van der Waals surface area contributed by atoms with E-state index in [0.29, 0.717) is 4.47 Å². The quantitative estimate of drug-likeness (QED) is 0.837. The number of nitrogens with two attached hydrogens (primary N) is 1. The number of nitrogens with zero attached hydrogens (tertiary/aromatic N) is 1. The summed E-state index contributed by atoms with van der Waals surface area (Å²) in [5.41, 5.74) is 7.19. The lowest BCUT2D eigenvalue weighted by Crippen LogP contribution is -2.31. The number of rotatable bonds is 7. The zero-order valence-electron chi connectivity index (χ0n) is 11.1. The molecule has 2 N–H and O–H groups in total. The van der Waals surface area contributed by atoms with E-state index in [1.807, 2.05) is 6.07 Å². The lowest BCUT2D eigenvalue weighted by molar-refractivity contribution is 0.290. The van der Waals surface area contributed by atoms with Crippen LogP contribution >= 0.6 is 15.9 Å². The van der Waals surface area contributed by atoms with Crippen LogP contribution in [0.4, 0.5) is 4.39 Å². The van der Waals surface area contributed by atoms with Crippen molar-refractivity contribution >= 4 is 15.9 Å². The monoisotopic (exact) mass is 316 g/mol. The van der Waals surface area contributed by atoms with Gasteiger partial charge in [-0.1, -0.05) is 19.9 Å². The molecule has 0 spiro atoms. The number of hydrogen-bond donors (Lipinski definition) is 1. The Bertz CT molecular complexity index is 367. The second kappa shape index (κ2) is 7.87. The van der Waals surface area contributed by atoms with Gasteiger partial charge in [-0.2, -0.15) is 0 Å². The zero-order chi connectivity index (χ0) is 13.5. The first kappa shape index (κ1) is 15.6. The van der Waals surface area contributed by atoms with Gasteiger partial charge in [-0.15, -0.1) is 0 Å². The third-order valence-electron chi connectivity index (χ3n) is 3.19. The predicted molar refractivity (Wildman–Crippen MR) is 78.2 cm³/mol. The average molecular weight is 317 g/mol. The average Bonchev–Trinajstić information content (AvgIpc) is 2.35. The van der Waals surface area contributed by atoms with Gasteiger partial charge < -0.3 is 10.6 Å². The van der Waals surface area contributed by atoms with Gasteiger partial charge in [-0.3, -0.25) is 0 Å². The van der Waals surface area contributed by atoms with Gasteiger partial charge >= 0.3 is 0 Å². The van der Waals surface area contributed by atoms with E-state index in [-0.39, 0.29) is 11.9 Å². The van der Waals surface area contributed by atoms with Crippen LogP contribution in [-0.4, -0.2) is 30.6 Å². The van der Waals surface area contributed by atoms with Crippen molar-refractivity contribution in [2.75, 3.05) is 19.6 Å². The van der Waals surface area contributed by atoms with Gasteiger partial charge in [-0.25, -0.2) is 4.39 Å². The molecule has 0 aliphatic heterocycles. The fourth-order valence-electron chi connectivity index (χ4n) is 1.96. The Hall–Kier alpha value is -0.450. The van der Waals surface area contributed by atoms with Crippen LogP contribution in [0.5, 0.6) is 0 Å². The third-order valence-corrected chi connectivity index (χ3v) is 3.80. The topological polar surface area (TPSA) is 29.3 Å². The largest absolute Gasteiger partial charge is 0.327 e. The summed E-state index contributed by atoms with van der Waals surface area (Å²) in [5.74, 6) is -0.226. The number of halogens is 2. The van der Waals surface area contributed by atoms with Crippen molar-refractivity contribution in [2.45, 2.75) is 32.7 Å². The molecular weight excluding hydrogens is 295 g/mol. The summed E-state index contributed by atoms with van der Waals surface area (Å²) in [4.78, 5) is 2.36. The van der Waals surface area contributed by atoms with Gasteiger partial charge in [-0.05, 0) is 66.1 Å². The van der Waals surface area contributed by atoms with Crippen molar-refractivity contribution in [1.82, 2.24) is 4.90 Å². The first-order chi connectivity index (χ1) is 8.56. The molecule has 1 rings (SSSR count). The molecule has 102 valence electrons. The van der Waals surface area contributed by atoms with Gasteiger partial charge in [0.2, 0.25) is 0 Å². The van der Waals surface area contributed by atoms with Gasteiger partial charge in [0, 0.05) is 6.04 Å². The minimum atomic E-state index is -0.226. The molecule has 0 bridgehead atoms. The minimum absolute atomic E-state index is 0.128. The molecule has 1 unspecified atom stereocenters. The summed E-state index contributed by atoms with van der Waals surface area (Å²) in [6.45, 7) is 7.46. The maximum Gasteiger partial charge on any atom is 0.137 e. The maximum atomic E-state index is 13.1. The maximum absolute atomic E-state index is 13.1. The molecule has 18 heavy (non-hydrogen) atoms. The summed E-state index contributed by atoms with van der Waals surface area (Å²) >= 11 is 3.20. The fourth-order valence-corrected chi connectivity index (χ4v) is 2.39. The van der Waals surface area contributed by atoms with Gasteiger partial charge in [0.05, 0.1) is 4.47 Å². The van der Waals surface area contributed by atoms with Crippen molar-refractivity contribution < 1.29 is 4.39 Å². The van der Waals surface area contributed by atoms with E-state index in [1.54, 1.807) is 6.07 Å². The van der Waals surface area contributed by atoms with E-state index < -0.39 is 0 Å². The Balaban J connectivity index is 2.44. The predicted octanol–water partition coefficient (Wildman–Crippen LogP) is 3.19. The molecule has 4 heteroatoms. The molecular formula is C14H22BrFN2. The van der Waals surface area contributed by atoms with Crippen LogP contribution in [0.3, 0.4) is 0 Å². The highest BCUT2D eigenvalue weighted by molar-refractivity contribution is 9.10. The molecule has 0 radical (unpaired) electrons. The first-order valence-electron chi connectivity index (χ1n) is 6.48. The van der Waals surface area contributed by atoms with Crippen molar-refractivity contribution in [2.24, 2.45) is 5.73 Å². The number of hydrogen-bond acceptors (Lipinski definition) is 2. The van der Waals surface area contributed by atoms with Crippen LogP contribution in [0.25, 0.3) is 0 Å². The first-order valence-corrected chi connectivity index (χ1v) is 7.28. The molecule has 0 amide bonds. The molecule has 1 aromatic rings. The molecule has 0 saturated carbocycles. The Morgan fingerprint density at radius 2 is 2.00 bits per heavy atom. The van der Waals surface area contributed by atoms with Gasteiger partial charge in [0.1, 0.15) is 5.82 Å². The lowest BCUT2D eigenvalue weighted by Gasteiger charge is -2.20. The lowest BCUT2D eigenvalue weighted by atomic mass is 10.0. The van der Waals surface area contributed by atoms with E-state index in [4.69, 9.17) is 5.73 Å². The second-order valence-electron chi connectivity index (χ2n) is 4.53. The summed E-state index contributed by atoms with van der Waals surface area (Å²) in [7, 11) is 0. The standard InChI is InChI=1S/C14H22BrFN2/c1-3-18(4-2)8-7-12(17)9-11-5-6-14(16)13(15)10-11/h5-6,10,12H,3-4,7-9,17H2,1-2H3. The van der Waals surface area contributed by atoms with E-state index >= 15 is 0 Å². The molecule has 0 aliphatic carbocycles. The van der Waals surface area contributed by atoms with E-state index in [1.165, 1.54) is 6.07 Å². The SMILES string of the molecule is CCN(CC)CCC(N)Cc1ccc(F)c(Br)c1. The number of benzene rings is 1. The van der Waals surface area contributed by atoms with E-state index in [0.717, 1.165) is 38.0 Å². The van der Waals surface area contributed by atoms with E-state index in [9.17, 15) is 4.39 Å². The normalized spacial score (nSPS) is 13.0. The van der Waals surface area contributed by atoms with Crippen LogP contribution < -0.4 is 5.73 Å². The van der Waals surface area contributed by atoms with Crippen molar-refractivity contribution in [1.29, 1.82) is 0 Å². The van der Waals surface area contributed by atoms with E-state index in [2.05, 4.69) is 34.7 Å². The van der Waals surface area contributed by atoms with Crippen molar-refractivity contribution in [3.8, 4) is 0 Å². The molecule has 1 aromatic carbocycles. The van der Waals surface area contributed by atoms with Crippen molar-refractivity contribution in [3.05, 3.63) is 34.1 Å². The molecule has 0 aromatic heterocycles. The molecule has 0 saturated heterocycles. The molecule has 2 nitrogen and oxygen atoms in total. The van der Waals surface area contributed by atoms with Gasteiger partial charge in [0.15, 0.2) is 0 Å². The fraction of sp³-hybridized carbons (Fsp3) is 0.571. The van der Waals surface area contributed by atoms with Crippen LogP contribution in [0.2, 0.25) is 0 Å². The Labute approximate surface area is 117 Å². The van der Waals surface area contributed by atoms with Gasteiger partial charge in [0.25, 0.3) is 0 Å². The third kappa shape index (κ3) is 5.04. The summed E-state index contributed by atoms with van der Waals surface area (Å²) in [6, 6.07) is 5.23. The van der Waals surface area contributed by atoms with Crippen LogP contribution in [-0.2, 0) is 6.42 Å².